The van der Waals surface area contributed by atoms with Crippen molar-refractivity contribution in [3.8, 4) is 0 Å². The van der Waals surface area contributed by atoms with E-state index in [9.17, 15) is 61.9 Å². The Morgan fingerprint density at radius 1 is 0.786 bits per heavy atom. The van der Waals surface area contributed by atoms with E-state index < -0.39 is 52.9 Å². The summed E-state index contributed by atoms with van der Waals surface area (Å²) in [7, 11) is 0.599. The standard InChI is InChI=1S/C11H8F13NO3/c1-4(12)7(14,15)28-8(16,10(20,21)22)11(23,24)27-6(13,9(17,18)19)5(26)25(2)3/h1H2,2-3H3. The summed E-state index contributed by atoms with van der Waals surface area (Å²) >= 11 is 0. The molecule has 0 aliphatic heterocycles. The van der Waals surface area contributed by atoms with E-state index in [-0.39, 0.29) is 0 Å². The van der Waals surface area contributed by atoms with Gasteiger partial charge >= 0.3 is 36.3 Å². The van der Waals surface area contributed by atoms with Crippen LogP contribution in [0.25, 0.3) is 0 Å². The van der Waals surface area contributed by atoms with E-state index in [1.165, 1.54) is 0 Å². The van der Waals surface area contributed by atoms with Crippen LogP contribution in [-0.2, 0) is 14.3 Å². The lowest BCUT2D eigenvalue weighted by atomic mass is 10.2. The van der Waals surface area contributed by atoms with E-state index in [1.54, 1.807) is 6.58 Å². The Morgan fingerprint density at radius 3 is 1.43 bits per heavy atom. The zero-order valence-electron chi connectivity index (χ0n) is 13.3. The summed E-state index contributed by atoms with van der Waals surface area (Å²) in [6.45, 7) is 1.66. The van der Waals surface area contributed by atoms with Gasteiger partial charge in [0.1, 0.15) is 0 Å². The number of amides is 1. The third kappa shape index (κ3) is 4.61. The molecule has 2 atom stereocenters. The Hall–Kier alpha value is -1.78. The Labute approximate surface area is 146 Å². The van der Waals surface area contributed by atoms with Crippen molar-refractivity contribution in [3.63, 3.8) is 0 Å². The average Bonchev–Trinajstić information content (AvgIpc) is 2.42. The molecule has 0 aromatic rings. The minimum atomic E-state index is -7.36. The minimum absolute atomic E-state index is 0.300. The maximum Gasteiger partial charge on any atom is 0.458 e. The van der Waals surface area contributed by atoms with Gasteiger partial charge in [-0.25, -0.2) is 4.39 Å². The Morgan fingerprint density at radius 2 is 1.18 bits per heavy atom. The normalized spacial score (nSPS) is 18.2. The summed E-state index contributed by atoms with van der Waals surface area (Å²) in [5, 5.41) is 0. The molecule has 17 heteroatoms. The summed E-state index contributed by atoms with van der Waals surface area (Å²) in [4.78, 5) is 10.7. The minimum Gasteiger partial charge on any atom is -0.344 e. The molecule has 0 saturated carbocycles. The van der Waals surface area contributed by atoms with Gasteiger partial charge in [0.2, 0.25) is 0 Å². The summed E-state index contributed by atoms with van der Waals surface area (Å²) in [6.07, 6.45) is -27.7. The average molecular weight is 449 g/mol. The SMILES string of the molecule is C=C(F)C(F)(F)OC(F)(C(F)(F)F)C(F)(F)OC(F)(C(=O)N(C)C)C(F)(F)F. The van der Waals surface area contributed by atoms with Crippen LogP contribution in [-0.4, -0.2) is 61.2 Å². The molecule has 0 N–H and O–H groups in total. The zero-order chi connectivity index (χ0) is 23.1. The fraction of sp³-hybridized carbons (Fsp3) is 0.727. The van der Waals surface area contributed by atoms with Crippen LogP contribution in [0.3, 0.4) is 0 Å². The van der Waals surface area contributed by atoms with Crippen LogP contribution >= 0.6 is 0 Å². The van der Waals surface area contributed by atoms with E-state index >= 15 is 0 Å². The second-order valence-electron chi connectivity index (χ2n) is 5.03. The van der Waals surface area contributed by atoms with Gasteiger partial charge in [0.15, 0.2) is 5.83 Å². The first-order valence-electron chi connectivity index (χ1n) is 6.20. The lowest BCUT2D eigenvalue weighted by Crippen LogP contribution is -2.66. The molecule has 0 bridgehead atoms. The van der Waals surface area contributed by atoms with Crippen LogP contribution in [0.5, 0.6) is 0 Å². The maximum absolute atomic E-state index is 13.9. The first-order chi connectivity index (χ1) is 12.0. The van der Waals surface area contributed by atoms with Gasteiger partial charge < -0.3 is 4.90 Å². The van der Waals surface area contributed by atoms with Crippen molar-refractivity contribution in [3.05, 3.63) is 12.4 Å². The van der Waals surface area contributed by atoms with Crippen LogP contribution in [0.15, 0.2) is 12.4 Å². The highest BCUT2D eigenvalue weighted by molar-refractivity contribution is 5.84. The summed E-state index contributed by atoms with van der Waals surface area (Å²) in [6, 6.07) is 0. The highest BCUT2D eigenvalue weighted by Gasteiger charge is 2.81. The molecule has 0 rings (SSSR count). The fourth-order valence-corrected chi connectivity index (χ4v) is 1.27. The Balaban J connectivity index is 6.51. The second kappa shape index (κ2) is 7.23. The molecule has 1 amide bonds. The van der Waals surface area contributed by atoms with Crippen LogP contribution in [0.4, 0.5) is 57.1 Å². The molecular weight excluding hydrogens is 441 g/mol. The van der Waals surface area contributed by atoms with Gasteiger partial charge in [0.05, 0.1) is 0 Å². The summed E-state index contributed by atoms with van der Waals surface area (Å²) < 4.78 is 173. The smallest absolute Gasteiger partial charge is 0.344 e. The molecule has 2 unspecified atom stereocenters. The van der Waals surface area contributed by atoms with E-state index in [4.69, 9.17) is 0 Å². The van der Waals surface area contributed by atoms with Gasteiger partial charge in [-0.3, -0.25) is 14.3 Å². The fourth-order valence-electron chi connectivity index (χ4n) is 1.27. The van der Waals surface area contributed by atoms with E-state index in [2.05, 4.69) is 4.74 Å². The molecule has 0 spiro atoms. The van der Waals surface area contributed by atoms with Gasteiger partial charge in [0.25, 0.3) is 5.91 Å². The second-order valence-corrected chi connectivity index (χ2v) is 5.03. The Kier molecular flexibility index (Phi) is 6.77. The van der Waals surface area contributed by atoms with Crippen LogP contribution < -0.4 is 0 Å². The number of hydrogen-bond acceptors (Lipinski definition) is 3. The van der Waals surface area contributed by atoms with Gasteiger partial charge in [-0.2, -0.15) is 52.7 Å². The number of ether oxygens (including phenoxy) is 2. The highest BCUT2D eigenvalue weighted by atomic mass is 19.4. The number of likely N-dealkylation sites (N-methyl/N-ethyl adjacent to an activating group) is 1. The predicted octanol–water partition coefficient (Wildman–Crippen LogP) is 4.23. The quantitative estimate of drug-likeness (QED) is 0.547. The van der Waals surface area contributed by atoms with Gasteiger partial charge in [-0.05, 0) is 0 Å². The molecule has 0 aliphatic carbocycles. The van der Waals surface area contributed by atoms with Gasteiger partial charge in [-0.15, -0.1) is 0 Å². The van der Waals surface area contributed by atoms with Crippen LogP contribution in [0, 0.1) is 0 Å². The molecule has 166 valence electrons. The van der Waals surface area contributed by atoms with Gasteiger partial charge in [0, 0.05) is 14.1 Å². The predicted molar refractivity (Wildman–Crippen MR) is 60.8 cm³/mol. The van der Waals surface area contributed by atoms with Gasteiger partial charge in [-0.1, -0.05) is 6.58 Å². The molecule has 0 fully saturated rings. The number of rotatable bonds is 7. The molecule has 0 heterocycles. The van der Waals surface area contributed by atoms with Crippen molar-refractivity contribution in [1.82, 2.24) is 4.90 Å². The molecule has 0 aromatic heterocycles. The van der Waals surface area contributed by atoms with Crippen molar-refractivity contribution in [1.29, 1.82) is 0 Å². The van der Waals surface area contributed by atoms with E-state index in [0.717, 1.165) is 0 Å². The third-order valence-electron chi connectivity index (χ3n) is 2.64. The zero-order valence-corrected chi connectivity index (χ0v) is 13.3. The summed E-state index contributed by atoms with van der Waals surface area (Å²) in [5.74, 6) is -20.0. The number of halogens is 13. The van der Waals surface area contributed by atoms with Crippen molar-refractivity contribution in [2.75, 3.05) is 14.1 Å². The van der Waals surface area contributed by atoms with E-state index in [1.807, 2.05) is 4.74 Å². The first kappa shape index (κ1) is 26.2. The molecular formula is C11H8F13NO3. The van der Waals surface area contributed by atoms with Crippen molar-refractivity contribution < 1.29 is 71.3 Å². The number of nitrogens with zero attached hydrogens (tertiary/aromatic N) is 1. The summed E-state index contributed by atoms with van der Waals surface area (Å²) in [5.41, 5.74) is 0. The number of alkyl halides is 12. The number of carbonyl (C=O) groups is 1. The largest absolute Gasteiger partial charge is 0.458 e. The monoisotopic (exact) mass is 449 g/mol. The molecule has 0 aromatic carbocycles. The number of carbonyl (C=O) groups excluding carboxylic acids is 1. The molecule has 4 nitrogen and oxygen atoms in total. The number of hydrogen-bond donors (Lipinski definition) is 0. The van der Waals surface area contributed by atoms with Crippen molar-refractivity contribution >= 4 is 5.91 Å². The molecule has 28 heavy (non-hydrogen) atoms. The Bertz CT molecular complexity index is 614. The first-order valence-corrected chi connectivity index (χ1v) is 6.20. The third-order valence-corrected chi connectivity index (χ3v) is 2.64. The molecule has 0 aliphatic rings. The van der Waals surface area contributed by atoms with Crippen molar-refractivity contribution in [2.45, 2.75) is 36.3 Å². The maximum atomic E-state index is 13.9. The lowest BCUT2D eigenvalue weighted by molar-refractivity contribution is -0.521. The highest BCUT2D eigenvalue weighted by Crippen LogP contribution is 2.53. The van der Waals surface area contributed by atoms with Crippen LogP contribution in [0.1, 0.15) is 0 Å². The topological polar surface area (TPSA) is 38.8 Å². The van der Waals surface area contributed by atoms with Crippen LogP contribution in [0.2, 0.25) is 0 Å². The van der Waals surface area contributed by atoms with Crippen molar-refractivity contribution in [2.24, 2.45) is 0 Å². The van der Waals surface area contributed by atoms with E-state index in [0.29, 0.717) is 14.1 Å². The lowest BCUT2D eigenvalue weighted by Gasteiger charge is -2.39. The molecule has 0 saturated heterocycles. The molecule has 0 radical (unpaired) electrons.